The van der Waals surface area contributed by atoms with Gasteiger partial charge in [-0.1, -0.05) is 24.4 Å². The number of carbonyl (C=O) groups is 2. The van der Waals surface area contributed by atoms with Crippen LogP contribution in [0.15, 0.2) is 23.1 Å². The standard InChI is InChI=1S/C19H26ClN3O5S/c1-22(19(25)14-4-2-3-5-14)13-18(24)21-15-6-7-16(20)17(12-15)29(26,27)23-8-10-28-11-9-23/h6-7,12,14H,2-5,8-11,13H2,1H3,(H,21,24). The van der Waals surface area contributed by atoms with Crippen LogP contribution in [0.4, 0.5) is 5.69 Å². The minimum atomic E-state index is -3.79. The van der Waals surface area contributed by atoms with Gasteiger partial charge in [0.2, 0.25) is 21.8 Å². The van der Waals surface area contributed by atoms with E-state index < -0.39 is 15.9 Å². The van der Waals surface area contributed by atoms with Gasteiger partial charge in [0.25, 0.3) is 0 Å². The Bertz CT molecular complexity index is 865. The number of rotatable bonds is 6. The van der Waals surface area contributed by atoms with Crippen molar-refractivity contribution in [2.24, 2.45) is 5.92 Å². The molecule has 0 radical (unpaired) electrons. The maximum Gasteiger partial charge on any atom is 0.244 e. The van der Waals surface area contributed by atoms with Gasteiger partial charge in [-0.25, -0.2) is 8.42 Å². The number of morpholine rings is 1. The van der Waals surface area contributed by atoms with Crippen molar-refractivity contribution in [3.63, 3.8) is 0 Å². The quantitative estimate of drug-likeness (QED) is 0.724. The number of anilines is 1. The average Bonchev–Trinajstić information content (AvgIpc) is 3.24. The molecule has 1 heterocycles. The molecule has 8 nitrogen and oxygen atoms in total. The van der Waals surface area contributed by atoms with Crippen LogP contribution >= 0.6 is 11.6 Å². The molecule has 1 saturated carbocycles. The Morgan fingerprint density at radius 2 is 1.90 bits per heavy atom. The second-order valence-electron chi connectivity index (χ2n) is 7.39. The van der Waals surface area contributed by atoms with Crippen molar-refractivity contribution in [1.29, 1.82) is 0 Å². The summed E-state index contributed by atoms with van der Waals surface area (Å²) in [6.07, 6.45) is 3.82. The van der Waals surface area contributed by atoms with Crippen LogP contribution in [0.5, 0.6) is 0 Å². The number of halogens is 1. The van der Waals surface area contributed by atoms with Crippen molar-refractivity contribution in [3.8, 4) is 0 Å². The van der Waals surface area contributed by atoms with E-state index in [2.05, 4.69) is 5.32 Å². The predicted molar refractivity (Wildman–Crippen MR) is 109 cm³/mol. The minimum Gasteiger partial charge on any atom is -0.379 e. The van der Waals surface area contributed by atoms with Crippen molar-refractivity contribution < 1.29 is 22.7 Å². The molecule has 0 bridgehead atoms. The van der Waals surface area contributed by atoms with E-state index >= 15 is 0 Å². The number of carbonyl (C=O) groups excluding carboxylic acids is 2. The van der Waals surface area contributed by atoms with Gasteiger partial charge in [-0.15, -0.1) is 0 Å². The van der Waals surface area contributed by atoms with Gasteiger partial charge in [0, 0.05) is 31.7 Å². The van der Waals surface area contributed by atoms with Crippen LogP contribution in [-0.2, 0) is 24.3 Å². The first kappa shape index (κ1) is 22.0. The lowest BCUT2D eigenvalue weighted by Crippen LogP contribution is -2.40. The highest BCUT2D eigenvalue weighted by molar-refractivity contribution is 7.89. The van der Waals surface area contributed by atoms with Crippen molar-refractivity contribution in [2.75, 3.05) is 45.2 Å². The van der Waals surface area contributed by atoms with Gasteiger partial charge in [0.15, 0.2) is 0 Å². The number of nitrogens with zero attached hydrogens (tertiary/aromatic N) is 2. The molecule has 2 fully saturated rings. The zero-order chi connectivity index (χ0) is 21.0. The summed E-state index contributed by atoms with van der Waals surface area (Å²) >= 11 is 6.13. The predicted octanol–water partition coefficient (Wildman–Crippen LogP) is 1.95. The third-order valence-corrected chi connectivity index (χ3v) is 7.64. The van der Waals surface area contributed by atoms with Crippen LogP contribution in [0.3, 0.4) is 0 Å². The van der Waals surface area contributed by atoms with E-state index in [9.17, 15) is 18.0 Å². The third kappa shape index (κ3) is 5.28. The van der Waals surface area contributed by atoms with Crippen molar-refractivity contribution in [1.82, 2.24) is 9.21 Å². The van der Waals surface area contributed by atoms with Crippen LogP contribution in [0.1, 0.15) is 25.7 Å². The summed E-state index contributed by atoms with van der Waals surface area (Å²) in [6.45, 7) is 1.07. The minimum absolute atomic E-state index is 0.00593. The Morgan fingerprint density at radius 3 is 2.55 bits per heavy atom. The van der Waals surface area contributed by atoms with Crippen molar-refractivity contribution in [2.45, 2.75) is 30.6 Å². The van der Waals surface area contributed by atoms with E-state index in [4.69, 9.17) is 16.3 Å². The Hall–Kier alpha value is -1.68. The summed E-state index contributed by atoms with van der Waals surface area (Å²) in [5.41, 5.74) is 0.313. The Kier molecular flexibility index (Phi) is 7.15. The van der Waals surface area contributed by atoms with E-state index in [1.54, 1.807) is 7.05 Å². The smallest absolute Gasteiger partial charge is 0.244 e. The summed E-state index contributed by atoms with van der Waals surface area (Å²) in [5.74, 6) is -0.422. The molecule has 1 aromatic carbocycles. The van der Waals surface area contributed by atoms with Crippen molar-refractivity contribution in [3.05, 3.63) is 23.2 Å². The molecule has 160 valence electrons. The van der Waals surface area contributed by atoms with Crippen LogP contribution in [0.25, 0.3) is 0 Å². The molecule has 0 spiro atoms. The average molecular weight is 444 g/mol. The normalized spacial score (nSPS) is 18.6. The molecule has 1 N–H and O–H groups in total. The van der Waals surface area contributed by atoms with Crippen LogP contribution in [0, 0.1) is 5.92 Å². The molecular weight excluding hydrogens is 418 g/mol. The number of ether oxygens (including phenoxy) is 1. The lowest BCUT2D eigenvalue weighted by atomic mass is 10.1. The van der Waals surface area contributed by atoms with Gasteiger partial charge in [0.05, 0.1) is 24.8 Å². The number of amides is 2. The fraction of sp³-hybridized carbons (Fsp3) is 0.579. The molecule has 10 heteroatoms. The van der Waals surface area contributed by atoms with Crippen LogP contribution < -0.4 is 5.32 Å². The SMILES string of the molecule is CN(CC(=O)Nc1ccc(Cl)c(S(=O)(=O)N2CCOCC2)c1)C(=O)C1CCCC1. The van der Waals surface area contributed by atoms with Gasteiger partial charge >= 0.3 is 0 Å². The number of hydrogen-bond acceptors (Lipinski definition) is 5. The van der Waals surface area contributed by atoms with Gasteiger partial charge < -0.3 is 15.0 Å². The summed E-state index contributed by atoms with van der Waals surface area (Å²) in [6, 6.07) is 4.33. The lowest BCUT2D eigenvalue weighted by Gasteiger charge is -2.26. The second kappa shape index (κ2) is 9.42. The van der Waals surface area contributed by atoms with Gasteiger partial charge in [-0.05, 0) is 31.0 Å². The number of hydrogen-bond donors (Lipinski definition) is 1. The monoisotopic (exact) mass is 443 g/mol. The number of likely N-dealkylation sites (N-methyl/N-ethyl adjacent to an activating group) is 1. The molecule has 1 aliphatic carbocycles. The van der Waals surface area contributed by atoms with Gasteiger partial charge in [-0.3, -0.25) is 9.59 Å². The zero-order valence-electron chi connectivity index (χ0n) is 16.4. The van der Waals surface area contributed by atoms with Gasteiger partial charge in [0.1, 0.15) is 4.90 Å². The fourth-order valence-corrected chi connectivity index (χ4v) is 5.59. The fourth-order valence-electron chi connectivity index (χ4n) is 3.68. The summed E-state index contributed by atoms with van der Waals surface area (Å²) < 4.78 is 32.3. The molecule has 1 aliphatic heterocycles. The lowest BCUT2D eigenvalue weighted by molar-refractivity contribution is -0.136. The van der Waals surface area contributed by atoms with Crippen LogP contribution in [-0.4, -0.2) is 69.3 Å². The number of benzene rings is 1. The summed E-state index contributed by atoms with van der Waals surface area (Å²) in [4.78, 5) is 26.1. The second-order valence-corrected chi connectivity index (χ2v) is 9.70. The first-order valence-electron chi connectivity index (χ1n) is 9.71. The number of nitrogens with one attached hydrogen (secondary N) is 1. The molecule has 1 aromatic rings. The molecule has 2 aliphatic rings. The summed E-state index contributed by atoms with van der Waals surface area (Å²) in [5, 5.41) is 2.75. The molecule has 2 amide bonds. The first-order valence-corrected chi connectivity index (χ1v) is 11.5. The molecule has 29 heavy (non-hydrogen) atoms. The highest BCUT2D eigenvalue weighted by atomic mass is 35.5. The Labute approximate surface area is 176 Å². The Morgan fingerprint density at radius 1 is 1.24 bits per heavy atom. The zero-order valence-corrected chi connectivity index (χ0v) is 18.0. The molecule has 0 unspecified atom stereocenters. The molecule has 1 saturated heterocycles. The summed E-state index contributed by atoms with van der Waals surface area (Å²) in [7, 11) is -2.19. The van der Waals surface area contributed by atoms with E-state index in [1.807, 2.05) is 0 Å². The molecule has 0 atom stereocenters. The third-order valence-electron chi connectivity index (χ3n) is 5.26. The number of sulfonamides is 1. The molecule has 3 rings (SSSR count). The Balaban J connectivity index is 1.67. The topological polar surface area (TPSA) is 96.0 Å². The van der Waals surface area contributed by atoms with E-state index in [1.165, 1.54) is 27.4 Å². The largest absolute Gasteiger partial charge is 0.379 e. The first-order chi connectivity index (χ1) is 13.8. The molecule has 0 aromatic heterocycles. The maximum atomic E-state index is 12.9. The van der Waals surface area contributed by atoms with E-state index in [0.717, 1.165) is 25.7 Å². The highest BCUT2D eigenvalue weighted by Crippen LogP contribution is 2.29. The van der Waals surface area contributed by atoms with E-state index in [-0.39, 0.29) is 41.4 Å². The maximum absolute atomic E-state index is 12.9. The van der Waals surface area contributed by atoms with Crippen molar-refractivity contribution >= 4 is 39.1 Å². The van der Waals surface area contributed by atoms with E-state index in [0.29, 0.717) is 18.9 Å². The molecular formula is C19H26ClN3O5S. The van der Waals surface area contributed by atoms with Gasteiger partial charge in [-0.2, -0.15) is 4.31 Å². The van der Waals surface area contributed by atoms with Crippen LogP contribution in [0.2, 0.25) is 5.02 Å². The highest BCUT2D eigenvalue weighted by Gasteiger charge is 2.29.